The maximum atomic E-state index is 13.0. The van der Waals surface area contributed by atoms with Gasteiger partial charge in [0.15, 0.2) is 11.2 Å². The molecule has 0 unspecified atom stereocenters. The molecule has 0 spiro atoms. The molecule has 1 heterocycles. The van der Waals surface area contributed by atoms with Crippen molar-refractivity contribution < 1.29 is 19.2 Å². The molecule has 154 valence electrons. The maximum absolute atomic E-state index is 13.0. The Morgan fingerprint density at radius 1 is 1.10 bits per heavy atom. The van der Waals surface area contributed by atoms with Crippen LogP contribution in [0, 0.1) is 0 Å². The van der Waals surface area contributed by atoms with E-state index in [1.54, 1.807) is 5.38 Å². The number of thiazole rings is 1. The predicted molar refractivity (Wildman–Crippen MR) is 116 cm³/mol. The van der Waals surface area contributed by atoms with Crippen LogP contribution in [0.3, 0.4) is 0 Å². The number of hydrogen-bond acceptors (Lipinski definition) is 7. The van der Waals surface area contributed by atoms with Crippen molar-refractivity contribution in [1.29, 1.82) is 0 Å². The average Bonchev–Trinajstić information content (AvgIpc) is 3.24. The highest BCUT2D eigenvalue weighted by molar-refractivity contribution is 7.14. The number of ether oxygens (including phenoxy) is 1. The number of nitrogens with zero attached hydrogens (tertiary/aromatic N) is 2. The molecule has 0 saturated heterocycles. The molecular formula is C21H18ClN3O4S. The lowest BCUT2D eigenvalue weighted by Crippen LogP contribution is -2.23. The highest BCUT2D eigenvalue weighted by atomic mass is 35.5. The number of alkyl halides is 1. The normalized spacial score (nSPS) is 11.2. The highest BCUT2D eigenvalue weighted by Gasteiger charge is 2.26. The third kappa shape index (κ3) is 5.43. The minimum Gasteiger partial charge on any atom is -0.448 e. The monoisotopic (exact) mass is 443 g/mol. The largest absolute Gasteiger partial charge is 0.448 e. The fourth-order valence-electron chi connectivity index (χ4n) is 2.62. The number of oxime groups is 1. The Labute approximate surface area is 182 Å². The molecular weight excluding hydrogens is 426 g/mol. The molecule has 1 amide bonds. The van der Waals surface area contributed by atoms with E-state index >= 15 is 0 Å². The summed E-state index contributed by atoms with van der Waals surface area (Å²) in [5.41, 5.74) is 1.72. The van der Waals surface area contributed by atoms with Crippen molar-refractivity contribution in [1.82, 2.24) is 4.98 Å². The van der Waals surface area contributed by atoms with Crippen molar-refractivity contribution in [3.05, 3.63) is 82.9 Å². The van der Waals surface area contributed by atoms with Crippen LogP contribution in [-0.2, 0) is 19.2 Å². The van der Waals surface area contributed by atoms with Gasteiger partial charge in [0.2, 0.25) is 11.6 Å². The van der Waals surface area contributed by atoms with Crippen molar-refractivity contribution in [2.75, 3.05) is 18.3 Å². The summed E-state index contributed by atoms with van der Waals surface area (Å²) in [5.74, 6) is -1.32. The van der Waals surface area contributed by atoms with E-state index in [1.807, 2.05) is 60.7 Å². The molecule has 0 aliphatic rings. The molecule has 1 N–H and O–H groups in total. The Morgan fingerprint density at radius 3 is 2.23 bits per heavy atom. The topological polar surface area (TPSA) is 89.9 Å². The molecule has 3 aromatic rings. The molecule has 0 bridgehead atoms. The van der Waals surface area contributed by atoms with Crippen molar-refractivity contribution >= 4 is 45.7 Å². The third-order valence-electron chi connectivity index (χ3n) is 3.92. The second-order valence-corrected chi connectivity index (χ2v) is 7.07. The van der Waals surface area contributed by atoms with Crippen molar-refractivity contribution in [3.8, 4) is 0 Å². The zero-order valence-electron chi connectivity index (χ0n) is 15.9. The second-order valence-electron chi connectivity index (χ2n) is 5.95. The first-order chi connectivity index (χ1) is 14.6. The number of halogens is 1. The predicted octanol–water partition coefficient (Wildman–Crippen LogP) is 4.00. The molecule has 1 aromatic heterocycles. The van der Waals surface area contributed by atoms with Crippen LogP contribution in [0.5, 0.6) is 0 Å². The van der Waals surface area contributed by atoms with E-state index in [2.05, 4.69) is 15.5 Å². The van der Waals surface area contributed by atoms with Gasteiger partial charge in [-0.05, 0) is 11.1 Å². The van der Waals surface area contributed by atoms with Gasteiger partial charge in [-0.3, -0.25) is 4.79 Å². The second kappa shape index (κ2) is 10.5. The first-order valence-corrected chi connectivity index (χ1v) is 10.3. The molecule has 0 aliphatic heterocycles. The number of carbonyl (C=O) groups excluding carboxylic acids is 2. The number of hydrogen-bond donors (Lipinski definition) is 1. The van der Waals surface area contributed by atoms with Crippen LogP contribution in [0.4, 0.5) is 5.13 Å². The van der Waals surface area contributed by atoms with Crippen LogP contribution >= 0.6 is 22.9 Å². The number of amides is 1. The Balaban J connectivity index is 1.87. The summed E-state index contributed by atoms with van der Waals surface area (Å²) in [5, 5.41) is 8.18. The Morgan fingerprint density at radius 2 is 1.70 bits per heavy atom. The van der Waals surface area contributed by atoms with Gasteiger partial charge >= 0.3 is 5.97 Å². The van der Waals surface area contributed by atoms with E-state index in [1.165, 1.54) is 7.11 Å². The number of benzene rings is 2. The van der Waals surface area contributed by atoms with E-state index in [0.717, 1.165) is 22.5 Å². The molecule has 2 aromatic carbocycles. The van der Waals surface area contributed by atoms with Crippen LogP contribution < -0.4 is 5.32 Å². The maximum Gasteiger partial charge on any atom is 0.363 e. The number of carbonyl (C=O) groups is 2. The van der Waals surface area contributed by atoms with Gasteiger partial charge < -0.3 is 14.9 Å². The third-order valence-corrected chi connectivity index (χ3v) is 4.92. The fraction of sp³-hybridized carbons (Fsp3) is 0.143. The summed E-state index contributed by atoms with van der Waals surface area (Å²) in [7, 11) is 1.32. The molecule has 0 saturated carbocycles. The summed E-state index contributed by atoms with van der Waals surface area (Å²) in [6, 6.07) is 18.8. The quantitative estimate of drug-likeness (QED) is 0.246. The lowest BCUT2D eigenvalue weighted by Gasteiger charge is -2.19. The van der Waals surface area contributed by atoms with Gasteiger partial charge in [-0.25, -0.2) is 9.78 Å². The number of anilines is 1. The summed E-state index contributed by atoms with van der Waals surface area (Å²) in [6.07, 6.45) is -0.643. The molecule has 0 atom stereocenters. The van der Waals surface area contributed by atoms with E-state index in [9.17, 15) is 9.59 Å². The SMILES string of the molecule is CO/N=C(/C(=O)OC(c1ccccc1)c1ccccc1)c1csc(NC(=O)CCl)n1. The van der Waals surface area contributed by atoms with E-state index < -0.39 is 18.0 Å². The number of rotatable bonds is 8. The summed E-state index contributed by atoms with van der Waals surface area (Å²) < 4.78 is 5.81. The molecule has 0 radical (unpaired) electrons. The lowest BCUT2D eigenvalue weighted by atomic mass is 10.0. The Hall–Kier alpha value is -3.23. The van der Waals surface area contributed by atoms with Crippen molar-refractivity contribution in [3.63, 3.8) is 0 Å². The number of esters is 1. The summed E-state index contributed by atoms with van der Waals surface area (Å²) in [6.45, 7) is 0. The minimum absolute atomic E-state index is 0.114. The molecule has 0 fully saturated rings. The van der Waals surface area contributed by atoms with Gasteiger partial charge in [-0.1, -0.05) is 65.8 Å². The first kappa shape index (κ1) is 21.5. The van der Waals surface area contributed by atoms with Crippen LogP contribution in [0.1, 0.15) is 22.9 Å². The molecule has 9 heteroatoms. The van der Waals surface area contributed by atoms with E-state index in [4.69, 9.17) is 21.2 Å². The molecule has 0 aliphatic carbocycles. The summed E-state index contributed by atoms with van der Waals surface area (Å²) in [4.78, 5) is 33.5. The van der Waals surface area contributed by atoms with Gasteiger partial charge in [-0.15, -0.1) is 22.9 Å². The van der Waals surface area contributed by atoms with Crippen LogP contribution in [0.2, 0.25) is 0 Å². The average molecular weight is 444 g/mol. The standard InChI is InChI=1S/C21H18ClN3O4S/c1-28-25-18(16-13-30-21(23-16)24-17(26)12-22)20(27)29-19(14-8-4-2-5-9-14)15-10-6-3-7-11-15/h2-11,13,19H,12H2,1H3,(H,23,24,26)/b25-18+. The van der Waals surface area contributed by atoms with E-state index in [-0.39, 0.29) is 22.4 Å². The Kier molecular flexibility index (Phi) is 7.53. The van der Waals surface area contributed by atoms with Crippen LogP contribution in [-0.4, -0.2) is 35.6 Å². The lowest BCUT2D eigenvalue weighted by molar-refractivity contribution is -0.139. The van der Waals surface area contributed by atoms with Gasteiger partial charge in [0, 0.05) is 5.38 Å². The summed E-state index contributed by atoms with van der Waals surface area (Å²) >= 11 is 6.62. The molecule has 30 heavy (non-hydrogen) atoms. The zero-order valence-corrected chi connectivity index (χ0v) is 17.5. The minimum atomic E-state index is -0.713. The van der Waals surface area contributed by atoms with Gasteiger partial charge in [0.1, 0.15) is 18.7 Å². The molecule has 7 nitrogen and oxygen atoms in total. The zero-order chi connectivity index (χ0) is 21.3. The fourth-order valence-corrected chi connectivity index (χ4v) is 3.40. The van der Waals surface area contributed by atoms with Crippen LogP contribution in [0.15, 0.2) is 71.2 Å². The Bertz CT molecular complexity index is 986. The number of aromatic nitrogens is 1. The van der Waals surface area contributed by atoms with Gasteiger partial charge in [-0.2, -0.15) is 0 Å². The van der Waals surface area contributed by atoms with Crippen molar-refractivity contribution in [2.24, 2.45) is 5.16 Å². The first-order valence-electron chi connectivity index (χ1n) is 8.86. The number of nitrogens with one attached hydrogen (secondary N) is 1. The van der Waals surface area contributed by atoms with Gasteiger partial charge in [0.25, 0.3) is 0 Å². The van der Waals surface area contributed by atoms with Gasteiger partial charge in [0.05, 0.1) is 0 Å². The smallest absolute Gasteiger partial charge is 0.363 e. The van der Waals surface area contributed by atoms with Crippen LogP contribution in [0.25, 0.3) is 0 Å². The van der Waals surface area contributed by atoms with Crippen molar-refractivity contribution in [2.45, 2.75) is 6.10 Å². The highest BCUT2D eigenvalue weighted by Crippen LogP contribution is 2.27. The molecule has 3 rings (SSSR count). The van der Waals surface area contributed by atoms with E-state index in [0.29, 0.717) is 0 Å².